The number of ether oxygens (including phenoxy) is 2. The van der Waals surface area contributed by atoms with Crippen molar-refractivity contribution in [2.45, 2.75) is 6.92 Å². The molecule has 0 fully saturated rings. The molecular formula is C23H26N4O4. The Balaban J connectivity index is 1.96. The van der Waals surface area contributed by atoms with E-state index in [0.717, 1.165) is 11.3 Å². The molecule has 0 saturated heterocycles. The van der Waals surface area contributed by atoms with Gasteiger partial charge in [-0.3, -0.25) is 14.3 Å². The largest absolute Gasteiger partial charge is 0.496 e. The lowest BCUT2D eigenvalue weighted by Gasteiger charge is -2.16. The lowest BCUT2D eigenvalue weighted by Crippen LogP contribution is -2.22. The second-order valence-corrected chi connectivity index (χ2v) is 7.05. The molecule has 162 valence electrons. The van der Waals surface area contributed by atoms with E-state index in [1.54, 1.807) is 68.5 Å². The third-order valence-electron chi connectivity index (χ3n) is 4.74. The molecule has 0 aliphatic rings. The van der Waals surface area contributed by atoms with E-state index in [1.807, 2.05) is 20.0 Å². The number of aryl methyl sites for hydroxylation is 1. The van der Waals surface area contributed by atoms with Crippen molar-refractivity contribution in [2.24, 2.45) is 7.05 Å². The summed E-state index contributed by atoms with van der Waals surface area (Å²) in [5.74, 6) is 0.628. The number of carbonyl (C=O) groups excluding carboxylic acids is 2. The van der Waals surface area contributed by atoms with E-state index in [1.165, 1.54) is 4.90 Å². The Bertz CT molecular complexity index is 1100. The van der Waals surface area contributed by atoms with E-state index in [2.05, 4.69) is 10.4 Å². The van der Waals surface area contributed by atoms with Gasteiger partial charge in [0, 0.05) is 44.0 Å². The van der Waals surface area contributed by atoms with Gasteiger partial charge in [-0.05, 0) is 49.4 Å². The van der Waals surface area contributed by atoms with E-state index >= 15 is 0 Å². The molecule has 8 heteroatoms. The molecule has 31 heavy (non-hydrogen) atoms. The summed E-state index contributed by atoms with van der Waals surface area (Å²) < 4.78 is 12.8. The fourth-order valence-electron chi connectivity index (χ4n) is 3.18. The van der Waals surface area contributed by atoms with Gasteiger partial charge in [0.05, 0.1) is 25.1 Å². The van der Waals surface area contributed by atoms with Gasteiger partial charge in [-0.15, -0.1) is 0 Å². The van der Waals surface area contributed by atoms with E-state index in [0.29, 0.717) is 34.9 Å². The minimum Gasteiger partial charge on any atom is -0.496 e. The number of nitrogens with one attached hydrogen (secondary N) is 1. The maximum atomic E-state index is 13.1. The van der Waals surface area contributed by atoms with Crippen LogP contribution in [0.15, 0.2) is 48.7 Å². The Hall–Kier alpha value is -3.81. The monoisotopic (exact) mass is 422 g/mol. The number of carbonyl (C=O) groups is 2. The quantitative estimate of drug-likeness (QED) is 0.630. The Kier molecular flexibility index (Phi) is 6.59. The van der Waals surface area contributed by atoms with E-state index in [4.69, 9.17) is 9.47 Å². The average Bonchev–Trinajstić information content (AvgIpc) is 3.19. The molecule has 0 atom stereocenters. The van der Waals surface area contributed by atoms with Crippen LogP contribution in [-0.2, 0) is 7.05 Å². The van der Waals surface area contributed by atoms with Crippen LogP contribution < -0.4 is 14.8 Å². The zero-order chi connectivity index (χ0) is 22.5. The highest BCUT2D eigenvalue weighted by atomic mass is 16.5. The molecule has 8 nitrogen and oxygen atoms in total. The van der Waals surface area contributed by atoms with E-state index < -0.39 is 0 Å². The summed E-state index contributed by atoms with van der Waals surface area (Å²) in [6.07, 6.45) is 1.68. The van der Waals surface area contributed by atoms with Crippen LogP contribution in [0.3, 0.4) is 0 Å². The molecule has 0 unspecified atom stereocenters. The van der Waals surface area contributed by atoms with Crippen LogP contribution in [-0.4, -0.2) is 54.3 Å². The van der Waals surface area contributed by atoms with Crippen molar-refractivity contribution in [2.75, 3.05) is 33.1 Å². The average molecular weight is 422 g/mol. The number of hydrogen-bond donors (Lipinski definition) is 1. The third-order valence-corrected chi connectivity index (χ3v) is 4.74. The Labute approximate surface area is 181 Å². The summed E-state index contributed by atoms with van der Waals surface area (Å²) in [7, 11) is 6.75. The molecule has 3 rings (SSSR count). The first-order valence-electron chi connectivity index (χ1n) is 9.82. The molecule has 0 aliphatic carbocycles. The topological polar surface area (TPSA) is 85.7 Å². The first-order chi connectivity index (χ1) is 14.8. The van der Waals surface area contributed by atoms with Gasteiger partial charge < -0.3 is 19.7 Å². The fraction of sp³-hybridized carbons (Fsp3) is 0.261. The number of aromatic nitrogens is 2. The van der Waals surface area contributed by atoms with Crippen molar-refractivity contribution in [1.29, 1.82) is 0 Å². The number of rotatable bonds is 7. The predicted molar refractivity (Wildman–Crippen MR) is 119 cm³/mol. The number of hydrogen-bond acceptors (Lipinski definition) is 5. The van der Waals surface area contributed by atoms with Gasteiger partial charge in [-0.25, -0.2) is 0 Å². The first-order valence-corrected chi connectivity index (χ1v) is 9.82. The zero-order valence-corrected chi connectivity index (χ0v) is 18.3. The first kappa shape index (κ1) is 21.9. The molecule has 0 bridgehead atoms. The molecule has 1 N–H and O–H groups in total. The minimum absolute atomic E-state index is 0.165. The van der Waals surface area contributed by atoms with Crippen LogP contribution in [0.25, 0.3) is 11.3 Å². The Morgan fingerprint density at radius 2 is 1.77 bits per heavy atom. The molecule has 0 spiro atoms. The number of methoxy groups -OCH3 is 1. The molecule has 2 amide bonds. The lowest BCUT2D eigenvalue weighted by molar-refractivity contribution is 0.0827. The van der Waals surface area contributed by atoms with Gasteiger partial charge in [-0.1, -0.05) is 0 Å². The summed E-state index contributed by atoms with van der Waals surface area (Å²) in [4.78, 5) is 26.9. The molecule has 0 aliphatic heterocycles. The third kappa shape index (κ3) is 4.69. The zero-order valence-electron chi connectivity index (χ0n) is 18.3. The number of anilines is 1. The van der Waals surface area contributed by atoms with Crippen molar-refractivity contribution in [1.82, 2.24) is 14.7 Å². The highest BCUT2D eigenvalue weighted by Gasteiger charge is 2.17. The van der Waals surface area contributed by atoms with Crippen LogP contribution in [0.2, 0.25) is 0 Å². The number of amides is 2. The smallest absolute Gasteiger partial charge is 0.255 e. The summed E-state index contributed by atoms with van der Waals surface area (Å²) in [5, 5.41) is 7.06. The van der Waals surface area contributed by atoms with Crippen LogP contribution in [0, 0.1) is 0 Å². The molecule has 0 radical (unpaired) electrons. The highest BCUT2D eigenvalue weighted by molar-refractivity contribution is 6.06. The van der Waals surface area contributed by atoms with Gasteiger partial charge >= 0.3 is 0 Å². The second-order valence-electron chi connectivity index (χ2n) is 7.05. The van der Waals surface area contributed by atoms with Gasteiger partial charge in [0.15, 0.2) is 0 Å². The van der Waals surface area contributed by atoms with Gasteiger partial charge in [-0.2, -0.15) is 5.10 Å². The fourth-order valence-corrected chi connectivity index (χ4v) is 3.18. The van der Waals surface area contributed by atoms with E-state index in [-0.39, 0.29) is 11.8 Å². The summed E-state index contributed by atoms with van der Waals surface area (Å²) >= 11 is 0. The molecule has 1 aromatic heterocycles. The Morgan fingerprint density at radius 3 is 2.39 bits per heavy atom. The number of nitrogens with zero attached hydrogens (tertiary/aromatic N) is 3. The maximum Gasteiger partial charge on any atom is 0.255 e. The molecule has 2 aromatic carbocycles. The van der Waals surface area contributed by atoms with Crippen molar-refractivity contribution < 1.29 is 19.1 Å². The minimum atomic E-state index is -0.332. The van der Waals surface area contributed by atoms with Crippen molar-refractivity contribution in [3.05, 3.63) is 59.8 Å². The molecular weight excluding hydrogens is 396 g/mol. The Morgan fingerprint density at radius 1 is 1.06 bits per heavy atom. The van der Waals surface area contributed by atoms with Gasteiger partial charge in [0.2, 0.25) is 0 Å². The van der Waals surface area contributed by atoms with Gasteiger partial charge in [0.25, 0.3) is 11.8 Å². The van der Waals surface area contributed by atoms with Crippen molar-refractivity contribution in [3.63, 3.8) is 0 Å². The summed E-state index contributed by atoms with van der Waals surface area (Å²) in [5.41, 5.74) is 2.88. The van der Waals surface area contributed by atoms with Crippen LogP contribution in [0.5, 0.6) is 11.5 Å². The highest BCUT2D eigenvalue weighted by Crippen LogP contribution is 2.32. The standard InChI is InChI=1S/C23H26N4O4/c1-6-31-21-10-8-16(23(29)26(2)3)14-18(21)25-22(28)15-7-9-20(30-5)17(13-15)19-11-12-24-27(19)4/h7-14H,6H2,1-5H3,(H,25,28). The molecule has 0 saturated carbocycles. The van der Waals surface area contributed by atoms with Crippen LogP contribution in [0.1, 0.15) is 27.6 Å². The van der Waals surface area contributed by atoms with Gasteiger partial charge in [0.1, 0.15) is 11.5 Å². The predicted octanol–water partition coefficient (Wildman–Crippen LogP) is 3.45. The number of benzene rings is 2. The second kappa shape index (κ2) is 9.34. The lowest BCUT2D eigenvalue weighted by atomic mass is 10.1. The van der Waals surface area contributed by atoms with Crippen LogP contribution >= 0.6 is 0 Å². The van der Waals surface area contributed by atoms with Crippen molar-refractivity contribution in [3.8, 4) is 22.8 Å². The molecule has 3 aromatic rings. The van der Waals surface area contributed by atoms with E-state index in [9.17, 15) is 9.59 Å². The summed E-state index contributed by atoms with van der Waals surface area (Å²) in [6, 6.07) is 12.0. The van der Waals surface area contributed by atoms with Crippen molar-refractivity contribution >= 4 is 17.5 Å². The van der Waals surface area contributed by atoms with Crippen LogP contribution in [0.4, 0.5) is 5.69 Å². The normalized spacial score (nSPS) is 10.5. The summed E-state index contributed by atoms with van der Waals surface area (Å²) in [6.45, 7) is 2.28. The molecule has 1 heterocycles. The SMILES string of the molecule is CCOc1ccc(C(=O)N(C)C)cc1NC(=O)c1ccc(OC)c(-c2ccnn2C)c1. The maximum absolute atomic E-state index is 13.1.